The first kappa shape index (κ1) is 14.0. The molecule has 5 nitrogen and oxygen atoms in total. The second kappa shape index (κ2) is 5.05. The smallest absolute Gasteiger partial charge is 0.346 e. The molecule has 94 valence electrons. The molecule has 1 rings (SSSR count). The molecular formula is C11H16NO4P. The highest BCUT2D eigenvalue weighted by Crippen LogP contribution is 2.59. The minimum absolute atomic E-state index is 0.0764. The van der Waals surface area contributed by atoms with Crippen molar-refractivity contribution in [3.63, 3.8) is 0 Å². The topological polar surface area (TPSA) is 94.5 Å². The molecule has 0 radical (unpaired) electrons. The van der Waals surface area contributed by atoms with Gasteiger partial charge in [0.25, 0.3) is 0 Å². The number of nitriles is 1. The van der Waals surface area contributed by atoms with E-state index in [0.717, 1.165) is 0 Å². The second-order valence-electron chi connectivity index (χ2n) is 3.91. The van der Waals surface area contributed by atoms with Crippen molar-refractivity contribution in [2.75, 3.05) is 0 Å². The monoisotopic (exact) mass is 257 g/mol. The quantitative estimate of drug-likeness (QED) is 0.790. The van der Waals surface area contributed by atoms with Crippen LogP contribution in [0.4, 0.5) is 0 Å². The minimum atomic E-state index is -4.54. The molecule has 0 fully saturated rings. The van der Waals surface area contributed by atoms with E-state index in [0.29, 0.717) is 12.2 Å². The van der Waals surface area contributed by atoms with Crippen LogP contribution in [-0.4, -0.2) is 14.9 Å². The minimum Gasteiger partial charge on any atom is -0.469 e. The molecule has 0 amide bonds. The molecule has 1 aromatic heterocycles. The molecule has 17 heavy (non-hydrogen) atoms. The van der Waals surface area contributed by atoms with E-state index in [1.54, 1.807) is 26.0 Å². The first-order valence-electron chi connectivity index (χ1n) is 5.43. The molecule has 0 aromatic carbocycles. The lowest BCUT2D eigenvalue weighted by Gasteiger charge is -2.32. The van der Waals surface area contributed by atoms with Crippen LogP contribution in [0.2, 0.25) is 0 Å². The Morgan fingerprint density at radius 2 is 2.24 bits per heavy atom. The van der Waals surface area contributed by atoms with Crippen LogP contribution in [-0.2, 0) is 4.57 Å². The zero-order valence-electron chi connectivity index (χ0n) is 9.83. The number of rotatable bonds is 5. The summed E-state index contributed by atoms with van der Waals surface area (Å²) in [6.45, 7) is 3.39. The van der Waals surface area contributed by atoms with Crippen LogP contribution in [0.1, 0.15) is 38.4 Å². The van der Waals surface area contributed by atoms with Gasteiger partial charge in [-0.1, -0.05) is 13.8 Å². The van der Waals surface area contributed by atoms with Gasteiger partial charge >= 0.3 is 7.60 Å². The Hall–Kier alpha value is -1.08. The molecule has 0 aliphatic heterocycles. The van der Waals surface area contributed by atoms with Crippen LogP contribution in [0.3, 0.4) is 0 Å². The maximum absolute atomic E-state index is 11.6. The molecule has 0 aliphatic rings. The molecule has 0 aliphatic carbocycles. The fourth-order valence-electron chi connectivity index (χ4n) is 2.14. The van der Waals surface area contributed by atoms with Crippen molar-refractivity contribution >= 4 is 7.60 Å². The van der Waals surface area contributed by atoms with Gasteiger partial charge in [0.15, 0.2) is 5.16 Å². The lowest BCUT2D eigenvalue weighted by atomic mass is 9.86. The Kier molecular flexibility index (Phi) is 4.16. The van der Waals surface area contributed by atoms with Crippen molar-refractivity contribution in [1.29, 1.82) is 5.26 Å². The van der Waals surface area contributed by atoms with Crippen molar-refractivity contribution in [3.05, 3.63) is 24.2 Å². The summed E-state index contributed by atoms with van der Waals surface area (Å²) in [6.07, 6.45) is 1.95. The maximum atomic E-state index is 11.6. The highest BCUT2D eigenvalue weighted by Gasteiger charge is 2.53. The van der Waals surface area contributed by atoms with Gasteiger partial charge in [-0.25, -0.2) is 0 Å². The first-order valence-corrected chi connectivity index (χ1v) is 7.04. The molecule has 2 N–H and O–H groups in total. The summed E-state index contributed by atoms with van der Waals surface area (Å²) in [5.74, 6) is -0.160. The van der Waals surface area contributed by atoms with Gasteiger partial charge in [0.2, 0.25) is 0 Å². The van der Waals surface area contributed by atoms with Crippen molar-refractivity contribution in [2.45, 2.75) is 37.8 Å². The number of hydrogen-bond acceptors (Lipinski definition) is 3. The van der Waals surface area contributed by atoms with Gasteiger partial charge in [-0.05, 0) is 25.0 Å². The van der Waals surface area contributed by atoms with Crippen molar-refractivity contribution in [3.8, 4) is 6.07 Å². The van der Waals surface area contributed by atoms with E-state index in [1.165, 1.54) is 6.26 Å². The van der Waals surface area contributed by atoms with Crippen LogP contribution in [0.15, 0.2) is 22.8 Å². The van der Waals surface area contributed by atoms with Gasteiger partial charge in [0, 0.05) is 5.92 Å². The summed E-state index contributed by atoms with van der Waals surface area (Å²) in [4.78, 5) is 19.0. The zero-order valence-corrected chi connectivity index (χ0v) is 10.7. The van der Waals surface area contributed by atoms with Crippen LogP contribution in [0, 0.1) is 11.3 Å². The molecular weight excluding hydrogens is 241 g/mol. The van der Waals surface area contributed by atoms with E-state index < -0.39 is 18.7 Å². The molecule has 2 unspecified atom stereocenters. The lowest BCUT2D eigenvalue weighted by molar-refractivity contribution is 0.305. The van der Waals surface area contributed by atoms with Gasteiger partial charge < -0.3 is 14.2 Å². The zero-order chi connectivity index (χ0) is 13.1. The normalized spacial score (nSPS) is 17.1. The van der Waals surface area contributed by atoms with Crippen molar-refractivity contribution < 1.29 is 18.8 Å². The third-order valence-corrected chi connectivity index (χ3v) is 4.89. The predicted molar refractivity (Wildman–Crippen MR) is 62.4 cm³/mol. The van der Waals surface area contributed by atoms with Gasteiger partial charge in [-0.2, -0.15) is 5.26 Å². The summed E-state index contributed by atoms with van der Waals surface area (Å²) in [5, 5.41) is 7.52. The lowest BCUT2D eigenvalue weighted by Crippen LogP contribution is -2.33. The predicted octanol–water partition coefficient (Wildman–Crippen LogP) is 2.62. The Morgan fingerprint density at radius 1 is 1.59 bits per heavy atom. The third kappa shape index (κ3) is 2.30. The molecule has 2 atom stereocenters. The van der Waals surface area contributed by atoms with Crippen LogP contribution < -0.4 is 0 Å². The summed E-state index contributed by atoms with van der Waals surface area (Å²) in [6, 6.07) is 5.11. The molecule has 0 spiro atoms. The van der Waals surface area contributed by atoms with Gasteiger partial charge in [-0.3, -0.25) is 4.57 Å². The Balaban J connectivity index is 3.33. The number of furan rings is 1. The van der Waals surface area contributed by atoms with E-state index in [9.17, 15) is 19.6 Å². The Labute approximate surface area is 100 Å². The van der Waals surface area contributed by atoms with Gasteiger partial charge in [0.1, 0.15) is 5.76 Å². The average Bonchev–Trinajstić information content (AvgIpc) is 2.77. The number of hydrogen-bond donors (Lipinski definition) is 2. The van der Waals surface area contributed by atoms with Crippen molar-refractivity contribution in [1.82, 2.24) is 0 Å². The van der Waals surface area contributed by atoms with E-state index >= 15 is 0 Å². The van der Waals surface area contributed by atoms with Gasteiger partial charge in [-0.15, -0.1) is 0 Å². The highest BCUT2D eigenvalue weighted by atomic mass is 31.2. The molecule has 1 heterocycles. The highest BCUT2D eigenvalue weighted by molar-refractivity contribution is 7.54. The molecule has 1 aromatic rings. The summed E-state index contributed by atoms with van der Waals surface area (Å²) >= 11 is 0. The standard InChI is InChI=1S/C11H16NO4P/c1-3-9(10-6-5-7-16-10)11(4-2,8-12)17(13,14)15/h5-7,9H,3-4H2,1-2H3,(H2,13,14,15). The van der Waals surface area contributed by atoms with E-state index in [4.69, 9.17) is 4.42 Å². The maximum Gasteiger partial charge on any atom is 0.346 e. The fraction of sp³-hybridized carbons (Fsp3) is 0.545. The Morgan fingerprint density at radius 3 is 2.53 bits per heavy atom. The van der Waals surface area contributed by atoms with Crippen LogP contribution >= 0.6 is 7.60 Å². The van der Waals surface area contributed by atoms with E-state index in [1.807, 2.05) is 6.07 Å². The Bertz CT molecular complexity index is 445. The van der Waals surface area contributed by atoms with Gasteiger partial charge in [0.05, 0.1) is 12.3 Å². The first-order chi connectivity index (χ1) is 7.93. The fourth-order valence-corrected chi connectivity index (χ4v) is 3.40. The van der Waals surface area contributed by atoms with Crippen molar-refractivity contribution in [2.24, 2.45) is 0 Å². The molecule has 0 saturated heterocycles. The summed E-state index contributed by atoms with van der Waals surface area (Å²) < 4.78 is 16.8. The SMILES string of the molecule is CCC(c1ccco1)C(C#N)(CC)P(=O)(O)O. The molecule has 0 saturated carbocycles. The molecule has 0 bridgehead atoms. The summed E-state index contributed by atoms with van der Waals surface area (Å²) in [7, 11) is -4.54. The summed E-state index contributed by atoms with van der Waals surface area (Å²) in [5.41, 5.74) is 0. The van der Waals surface area contributed by atoms with Crippen LogP contribution in [0.25, 0.3) is 0 Å². The largest absolute Gasteiger partial charge is 0.469 e. The second-order valence-corrected chi connectivity index (χ2v) is 5.80. The number of nitrogens with zero attached hydrogens (tertiary/aromatic N) is 1. The van der Waals surface area contributed by atoms with E-state index in [2.05, 4.69) is 0 Å². The van der Waals surface area contributed by atoms with E-state index in [-0.39, 0.29) is 6.42 Å². The third-order valence-electron chi connectivity index (χ3n) is 3.12. The average molecular weight is 257 g/mol. The van der Waals surface area contributed by atoms with Crippen LogP contribution in [0.5, 0.6) is 0 Å². The molecule has 6 heteroatoms.